The van der Waals surface area contributed by atoms with Crippen molar-refractivity contribution in [1.29, 1.82) is 0 Å². The smallest absolute Gasteiger partial charge is 0.00924 e. The first-order chi connectivity index (χ1) is 7.79. The van der Waals surface area contributed by atoms with Crippen LogP contribution in [0.15, 0.2) is 0 Å². The molecule has 1 heterocycles. The second-order valence-electron chi connectivity index (χ2n) is 5.88. The highest BCUT2D eigenvalue weighted by atomic mass is 15.1. The van der Waals surface area contributed by atoms with E-state index in [1.165, 1.54) is 58.2 Å². The average molecular weight is 224 g/mol. The van der Waals surface area contributed by atoms with Gasteiger partial charge >= 0.3 is 0 Å². The lowest BCUT2D eigenvalue weighted by molar-refractivity contribution is 0.149. The third kappa shape index (κ3) is 3.21. The Labute approximate surface area is 101 Å². The van der Waals surface area contributed by atoms with E-state index in [2.05, 4.69) is 24.2 Å². The Morgan fingerprint density at radius 1 is 1.06 bits per heavy atom. The lowest BCUT2D eigenvalue weighted by atomic mass is 9.84. The molecule has 0 aromatic heterocycles. The molecule has 2 heteroatoms. The number of nitrogens with one attached hydrogen (secondary N) is 1. The van der Waals surface area contributed by atoms with Crippen LogP contribution in [0.3, 0.4) is 0 Å². The maximum Gasteiger partial charge on any atom is 0.00924 e. The van der Waals surface area contributed by atoms with E-state index in [-0.39, 0.29) is 0 Å². The minimum absolute atomic E-state index is 0.885. The van der Waals surface area contributed by atoms with Crippen molar-refractivity contribution in [3.63, 3.8) is 0 Å². The van der Waals surface area contributed by atoms with E-state index in [9.17, 15) is 0 Å². The number of rotatable bonds is 5. The largest absolute Gasteiger partial charge is 0.316 e. The van der Waals surface area contributed by atoms with Gasteiger partial charge in [0.2, 0.25) is 0 Å². The zero-order chi connectivity index (χ0) is 11.4. The van der Waals surface area contributed by atoms with Gasteiger partial charge in [0, 0.05) is 6.04 Å². The molecule has 0 bridgehead atoms. The summed E-state index contributed by atoms with van der Waals surface area (Å²) >= 11 is 0. The van der Waals surface area contributed by atoms with E-state index in [4.69, 9.17) is 0 Å². The van der Waals surface area contributed by atoms with Crippen LogP contribution in [0.1, 0.15) is 45.4 Å². The van der Waals surface area contributed by atoms with Crippen LogP contribution in [0.25, 0.3) is 0 Å². The average Bonchev–Trinajstić information content (AvgIpc) is 2.27. The van der Waals surface area contributed by atoms with Crippen LogP contribution in [0, 0.1) is 11.8 Å². The van der Waals surface area contributed by atoms with E-state index in [1.807, 2.05) is 0 Å². The Hall–Kier alpha value is -0.0800. The molecule has 16 heavy (non-hydrogen) atoms. The maximum absolute atomic E-state index is 3.36. The summed E-state index contributed by atoms with van der Waals surface area (Å²) in [5, 5.41) is 3.36. The van der Waals surface area contributed by atoms with Crippen molar-refractivity contribution in [2.45, 2.75) is 51.5 Å². The van der Waals surface area contributed by atoms with Gasteiger partial charge in [-0.15, -0.1) is 0 Å². The van der Waals surface area contributed by atoms with Gasteiger partial charge in [-0.25, -0.2) is 0 Å². The predicted octanol–water partition coefficient (Wildman–Crippen LogP) is 2.50. The Bertz CT molecular complexity index is 193. The molecule has 0 atom stereocenters. The van der Waals surface area contributed by atoms with Crippen molar-refractivity contribution in [1.82, 2.24) is 10.2 Å². The van der Waals surface area contributed by atoms with Gasteiger partial charge in [0.05, 0.1) is 0 Å². The van der Waals surface area contributed by atoms with Crippen molar-refractivity contribution in [2.75, 3.05) is 26.7 Å². The molecule has 0 amide bonds. The van der Waals surface area contributed by atoms with Crippen molar-refractivity contribution >= 4 is 0 Å². The number of nitrogens with zero attached hydrogens (tertiary/aromatic N) is 1. The third-order valence-electron chi connectivity index (χ3n) is 4.77. The molecule has 2 nitrogen and oxygen atoms in total. The van der Waals surface area contributed by atoms with Gasteiger partial charge in [0.15, 0.2) is 0 Å². The number of hydrogen-bond acceptors (Lipinski definition) is 2. The molecule has 0 spiro atoms. The van der Waals surface area contributed by atoms with Gasteiger partial charge in [-0.2, -0.15) is 0 Å². The summed E-state index contributed by atoms with van der Waals surface area (Å²) < 4.78 is 0. The topological polar surface area (TPSA) is 15.3 Å². The lowest BCUT2D eigenvalue weighted by Crippen LogP contribution is -2.44. The minimum atomic E-state index is 0.885. The highest BCUT2D eigenvalue weighted by molar-refractivity contribution is 4.80. The standard InChI is InChI=1S/C14H28N2/c1-3-12-4-6-14(7-5-12)16(2)9-8-13-10-15-11-13/h12-15H,3-11H2,1-2H3. The Balaban J connectivity index is 1.63. The van der Waals surface area contributed by atoms with Gasteiger partial charge in [-0.3, -0.25) is 0 Å². The summed E-state index contributed by atoms with van der Waals surface area (Å²) in [4.78, 5) is 2.63. The van der Waals surface area contributed by atoms with E-state index in [0.29, 0.717) is 0 Å². The van der Waals surface area contributed by atoms with Gasteiger partial charge in [-0.1, -0.05) is 13.3 Å². The molecule has 2 fully saturated rings. The molecule has 0 aromatic rings. The molecule has 1 saturated carbocycles. The summed E-state index contributed by atoms with van der Waals surface area (Å²) in [6.45, 7) is 6.18. The van der Waals surface area contributed by atoms with Gasteiger partial charge in [0.1, 0.15) is 0 Å². The second kappa shape index (κ2) is 6.02. The maximum atomic E-state index is 3.36. The molecule has 0 radical (unpaired) electrons. The fourth-order valence-corrected chi connectivity index (χ4v) is 3.12. The quantitative estimate of drug-likeness (QED) is 0.772. The first-order valence-electron chi connectivity index (χ1n) is 7.20. The van der Waals surface area contributed by atoms with Crippen LogP contribution < -0.4 is 5.32 Å². The zero-order valence-corrected chi connectivity index (χ0v) is 11.0. The van der Waals surface area contributed by atoms with Gasteiger partial charge in [0.25, 0.3) is 0 Å². The van der Waals surface area contributed by atoms with Crippen LogP contribution in [0.5, 0.6) is 0 Å². The van der Waals surface area contributed by atoms with E-state index < -0.39 is 0 Å². The molecule has 0 unspecified atom stereocenters. The molecular weight excluding hydrogens is 196 g/mol. The van der Waals surface area contributed by atoms with Crippen molar-refractivity contribution in [3.8, 4) is 0 Å². The lowest BCUT2D eigenvalue weighted by Gasteiger charge is -2.36. The van der Waals surface area contributed by atoms with E-state index in [0.717, 1.165) is 17.9 Å². The third-order valence-corrected chi connectivity index (χ3v) is 4.77. The first kappa shape index (κ1) is 12.4. The minimum Gasteiger partial charge on any atom is -0.316 e. The van der Waals surface area contributed by atoms with E-state index in [1.54, 1.807) is 0 Å². The van der Waals surface area contributed by atoms with Gasteiger partial charge < -0.3 is 10.2 Å². The second-order valence-corrected chi connectivity index (χ2v) is 5.88. The SMILES string of the molecule is CCC1CCC(N(C)CCC2CNC2)CC1. The molecule has 1 aliphatic carbocycles. The van der Waals surface area contributed by atoms with Crippen LogP contribution in [0.2, 0.25) is 0 Å². The summed E-state index contributed by atoms with van der Waals surface area (Å²) in [7, 11) is 2.34. The Kier molecular flexibility index (Phi) is 4.66. The molecule has 1 N–H and O–H groups in total. The summed E-state index contributed by atoms with van der Waals surface area (Å²) in [6.07, 6.45) is 8.62. The molecule has 0 aromatic carbocycles. The van der Waals surface area contributed by atoms with Crippen molar-refractivity contribution in [3.05, 3.63) is 0 Å². The predicted molar refractivity (Wildman–Crippen MR) is 69.6 cm³/mol. The molecule has 2 aliphatic rings. The highest BCUT2D eigenvalue weighted by Gasteiger charge is 2.24. The Morgan fingerprint density at radius 2 is 1.75 bits per heavy atom. The van der Waals surface area contributed by atoms with Gasteiger partial charge in [-0.05, 0) is 70.6 Å². The monoisotopic (exact) mass is 224 g/mol. The molecule has 1 aliphatic heterocycles. The zero-order valence-electron chi connectivity index (χ0n) is 11.0. The normalized spacial score (nSPS) is 31.7. The van der Waals surface area contributed by atoms with Crippen LogP contribution in [0.4, 0.5) is 0 Å². The fourth-order valence-electron chi connectivity index (χ4n) is 3.12. The van der Waals surface area contributed by atoms with E-state index >= 15 is 0 Å². The molecule has 94 valence electrons. The molecular formula is C14H28N2. The summed E-state index contributed by atoms with van der Waals surface area (Å²) in [6, 6.07) is 0.885. The number of hydrogen-bond donors (Lipinski definition) is 1. The summed E-state index contributed by atoms with van der Waals surface area (Å²) in [5.41, 5.74) is 0. The van der Waals surface area contributed by atoms with Crippen LogP contribution in [-0.4, -0.2) is 37.6 Å². The van der Waals surface area contributed by atoms with Crippen molar-refractivity contribution in [2.24, 2.45) is 11.8 Å². The fraction of sp³-hybridized carbons (Fsp3) is 1.00. The summed E-state index contributed by atoms with van der Waals surface area (Å²) in [5.74, 6) is 2.00. The van der Waals surface area contributed by atoms with Crippen LogP contribution in [-0.2, 0) is 0 Å². The van der Waals surface area contributed by atoms with Crippen LogP contribution >= 0.6 is 0 Å². The first-order valence-corrected chi connectivity index (χ1v) is 7.20. The van der Waals surface area contributed by atoms with Crippen molar-refractivity contribution < 1.29 is 0 Å². The highest BCUT2D eigenvalue weighted by Crippen LogP contribution is 2.29. The Morgan fingerprint density at radius 3 is 2.25 bits per heavy atom. The molecule has 1 saturated heterocycles. The molecule has 2 rings (SSSR count).